The van der Waals surface area contributed by atoms with Gasteiger partial charge in [0.25, 0.3) is 0 Å². The van der Waals surface area contributed by atoms with Crippen LogP contribution in [0.25, 0.3) is 10.9 Å². The lowest BCUT2D eigenvalue weighted by Crippen LogP contribution is -2.48. The number of aromatic amines is 1. The molecule has 5 nitrogen and oxygen atoms in total. The Morgan fingerprint density at radius 3 is 2.79 bits per heavy atom. The number of aromatic nitrogens is 1. The highest BCUT2D eigenvalue weighted by Crippen LogP contribution is 2.25. The van der Waals surface area contributed by atoms with Crippen LogP contribution in [0.15, 0.2) is 59.6 Å². The number of benzene rings is 2. The average Bonchev–Trinajstić information content (AvgIpc) is 3.14. The van der Waals surface area contributed by atoms with Crippen molar-refractivity contribution in [3.05, 3.63) is 71.4 Å². The normalized spacial score (nSPS) is 17.2. The number of aliphatic imine (C=N–C) groups is 1. The van der Waals surface area contributed by atoms with Gasteiger partial charge in [-0.05, 0) is 35.6 Å². The van der Waals surface area contributed by atoms with Crippen LogP contribution < -0.4 is 5.32 Å². The van der Waals surface area contributed by atoms with Crippen molar-refractivity contribution < 1.29 is 4.74 Å². The SMILES string of the molecule is CN=C(NCCc1cc2ccccc2[nH]1)N1CCOC(c2ccccc2C)C1.I. The molecule has 1 aliphatic rings. The van der Waals surface area contributed by atoms with Crippen LogP contribution >= 0.6 is 24.0 Å². The monoisotopic (exact) mass is 504 g/mol. The van der Waals surface area contributed by atoms with Crippen molar-refractivity contribution in [1.82, 2.24) is 15.2 Å². The number of nitrogens with one attached hydrogen (secondary N) is 2. The second-order valence-corrected chi connectivity index (χ2v) is 7.27. The summed E-state index contributed by atoms with van der Waals surface area (Å²) in [5.74, 6) is 0.943. The molecular weight excluding hydrogens is 475 g/mol. The molecule has 1 aliphatic heterocycles. The third-order valence-corrected chi connectivity index (χ3v) is 5.38. The van der Waals surface area contributed by atoms with E-state index in [1.165, 1.54) is 27.7 Å². The van der Waals surface area contributed by atoms with Gasteiger partial charge in [-0.1, -0.05) is 42.5 Å². The lowest BCUT2D eigenvalue weighted by molar-refractivity contribution is -0.00829. The van der Waals surface area contributed by atoms with Gasteiger partial charge in [0.15, 0.2) is 5.96 Å². The molecule has 1 unspecified atom stereocenters. The summed E-state index contributed by atoms with van der Waals surface area (Å²) in [6.45, 7) is 5.37. The predicted molar refractivity (Wildman–Crippen MR) is 130 cm³/mol. The van der Waals surface area contributed by atoms with Crippen LogP contribution in [-0.2, 0) is 11.2 Å². The first kappa shape index (κ1) is 21.6. The topological polar surface area (TPSA) is 52.7 Å². The fourth-order valence-electron chi connectivity index (χ4n) is 3.89. The van der Waals surface area contributed by atoms with E-state index >= 15 is 0 Å². The zero-order valence-electron chi connectivity index (χ0n) is 17.0. The first-order valence-electron chi connectivity index (χ1n) is 9.94. The Bertz CT molecular complexity index is 935. The Balaban J connectivity index is 0.00000240. The Kier molecular flexibility index (Phi) is 7.55. The van der Waals surface area contributed by atoms with Gasteiger partial charge in [0, 0.05) is 37.8 Å². The quantitative estimate of drug-likeness (QED) is 0.317. The maximum atomic E-state index is 6.05. The summed E-state index contributed by atoms with van der Waals surface area (Å²) >= 11 is 0. The first-order valence-corrected chi connectivity index (χ1v) is 9.94. The van der Waals surface area contributed by atoms with Crippen molar-refractivity contribution in [1.29, 1.82) is 0 Å². The van der Waals surface area contributed by atoms with E-state index in [1.54, 1.807) is 0 Å². The summed E-state index contributed by atoms with van der Waals surface area (Å²) in [6, 6.07) is 19.1. The van der Waals surface area contributed by atoms with E-state index in [2.05, 4.69) is 81.7 Å². The van der Waals surface area contributed by atoms with Gasteiger partial charge >= 0.3 is 0 Å². The van der Waals surface area contributed by atoms with E-state index in [-0.39, 0.29) is 30.1 Å². The minimum absolute atomic E-state index is 0. The molecule has 2 heterocycles. The van der Waals surface area contributed by atoms with Gasteiger partial charge in [-0.15, -0.1) is 24.0 Å². The minimum Gasteiger partial charge on any atom is -0.370 e. The smallest absolute Gasteiger partial charge is 0.193 e. The third-order valence-electron chi connectivity index (χ3n) is 5.38. The maximum Gasteiger partial charge on any atom is 0.193 e. The van der Waals surface area contributed by atoms with Crippen molar-refractivity contribution in [2.75, 3.05) is 33.3 Å². The fraction of sp³-hybridized carbons (Fsp3) is 0.348. The lowest BCUT2D eigenvalue weighted by Gasteiger charge is -2.35. The summed E-state index contributed by atoms with van der Waals surface area (Å²) < 4.78 is 6.05. The Morgan fingerprint density at radius 2 is 2.00 bits per heavy atom. The Hall–Kier alpha value is -2.06. The van der Waals surface area contributed by atoms with Gasteiger partial charge < -0.3 is 19.9 Å². The number of hydrogen-bond acceptors (Lipinski definition) is 2. The highest BCUT2D eigenvalue weighted by molar-refractivity contribution is 14.0. The third kappa shape index (κ3) is 5.11. The molecule has 0 saturated carbocycles. The van der Waals surface area contributed by atoms with Crippen LogP contribution in [0, 0.1) is 6.92 Å². The number of rotatable bonds is 4. The van der Waals surface area contributed by atoms with Crippen LogP contribution in [0.3, 0.4) is 0 Å². The molecule has 1 aromatic heterocycles. The zero-order valence-corrected chi connectivity index (χ0v) is 19.4. The molecule has 1 saturated heterocycles. The molecule has 154 valence electrons. The molecule has 1 atom stereocenters. The number of fused-ring (bicyclic) bond motifs is 1. The van der Waals surface area contributed by atoms with E-state index in [1.807, 2.05) is 7.05 Å². The number of nitrogens with zero attached hydrogens (tertiary/aromatic N) is 2. The van der Waals surface area contributed by atoms with E-state index < -0.39 is 0 Å². The van der Waals surface area contributed by atoms with Gasteiger partial charge in [0.05, 0.1) is 13.2 Å². The number of para-hydroxylation sites is 1. The Morgan fingerprint density at radius 1 is 1.21 bits per heavy atom. The molecule has 0 radical (unpaired) electrons. The van der Waals surface area contributed by atoms with Gasteiger partial charge in [0.1, 0.15) is 6.10 Å². The highest BCUT2D eigenvalue weighted by Gasteiger charge is 2.25. The van der Waals surface area contributed by atoms with E-state index in [4.69, 9.17) is 4.74 Å². The Labute approximate surface area is 189 Å². The average molecular weight is 504 g/mol. The predicted octanol–water partition coefficient (Wildman–Crippen LogP) is 4.29. The summed E-state index contributed by atoms with van der Waals surface area (Å²) in [4.78, 5) is 10.3. The standard InChI is InChI=1S/C23H28N4O.HI/c1-17-7-3-5-9-20(17)22-16-27(13-14-28-22)23(24-2)25-12-11-19-15-18-8-4-6-10-21(18)26-19;/h3-10,15,22,26H,11-14,16H2,1-2H3,(H,24,25);1H. The molecular formula is C23H29IN4O. The largest absolute Gasteiger partial charge is 0.370 e. The first-order chi connectivity index (χ1) is 13.7. The number of H-pyrrole nitrogens is 1. The van der Waals surface area contributed by atoms with Crippen molar-refractivity contribution in [2.45, 2.75) is 19.4 Å². The molecule has 0 amide bonds. The van der Waals surface area contributed by atoms with Crippen LogP contribution in [0.4, 0.5) is 0 Å². The number of hydrogen-bond donors (Lipinski definition) is 2. The van der Waals surface area contributed by atoms with Crippen molar-refractivity contribution in [3.8, 4) is 0 Å². The molecule has 2 aromatic carbocycles. The number of guanidine groups is 1. The van der Waals surface area contributed by atoms with Crippen LogP contribution in [0.5, 0.6) is 0 Å². The summed E-state index contributed by atoms with van der Waals surface area (Å²) in [7, 11) is 1.85. The van der Waals surface area contributed by atoms with Crippen LogP contribution in [-0.4, -0.2) is 49.1 Å². The van der Waals surface area contributed by atoms with Gasteiger partial charge in [-0.2, -0.15) is 0 Å². The molecule has 1 fully saturated rings. The summed E-state index contributed by atoms with van der Waals surface area (Å²) in [5.41, 5.74) is 4.97. The van der Waals surface area contributed by atoms with Gasteiger partial charge in [0.2, 0.25) is 0 Å². The number of halogens is 1. The number of morpholine rings is 1. The molecule has 29 heavy (non-hydrogen) atoms. The van der Waals surface area contributed by atoms with Crippen molar-refractivity contribution in [2.24, 2.45) is 4.99 Å². The van der Waals surface area contributed by atoms with E-state index in [9.17, 15) is 0 Å². The summed E-state index contributed by atoms with van der Waals surface area (Å²) in [6.07, 6.45) is 1.02. The molecule has 4 rings (SSSR count). The molecule has 0 bridgehead atoms. The van der Waals surface area contributed by atoms with E-state index in [0.29, 0.717) is 6.61 Å². The summed E-state index contributed by atoms with van der Waals surface area (Å²) in [5, 5.41) is 4.78. The van der Waals surface area contributed by atoms with Crippen molar-refractivity contribution in [3.63, 3.8) is 0 Å². The number of aryl methyl sites for hydroxylation is 1. The minimum atomic E-state index is 0. The molecule has 0 aliphatic carbocycles. The second-order valence-electron chi connectivity index (χ2n) is 7.27. The van der Waals surface area contributed by atoms with Crippen LogP contribution in [0.2, 0.25) is 0 Å². The van der Waals surface area contributed by atoms with E-state index in [0.717, 1.165) is 32.0 Å². The number of ether oxygens (including phenoxy) is 1. The fourth-order valence-corrected chi connectivity index (χ4v) is 3.89. The molecule has 6 heteroatoms. The maximum absolute atomic E-state index is 6.05. The second kappa shape index (κ2) is 10.1. The molecule has 3 aromatic rings. The van der Waals surface area contributed by atoms with Crippen LogP contribution in [0.1, 0.15) is 22.9 Å². The van der Waals surface area contributed by atoms with Gasteiger partial charge in [-0.25, -0.2) is 0 Å². The molecule has 2 N–H and O–H groups in total. The van der Waals surface area contributed by atoms with Crippen molar-refractivity contribution >= 4 is 40.8 Å². The lowest BCUT2D eigenvalue weighted by atomic mass is 10.0. The van der Waals surface area contributed by atoms with Gasteiger partial charge in [-0.3, -0.25) is 4.99 Å². The zero-order chi connectivity index (χ0) is 19.3. The highest BCUT2D eigenvalue weighted by atomic mass is 127. The molecule has 0 spiro atoms.